The van der Waals surface area contributed by atoms with Crippen LogP contribution in [0.15, 0.2) is 16.7 Å². The maximum absolute atomic E-state index is 12.5. The van der Waals surface area contributed by atoms with Crippen molar-refractivity contribution < 1.29 is 13.2 Å². The standard InChI is InChI=1S/C13H18BrN3O3S/c1-3-15-11-10(6-9(14)7-16-11)12(18)17-13(2)4-5-21(19,20)8-13/h6-7H,3-5,8H2,1-2H3,(H,15,16)(H,17,18). The van der Waals surface area contributed by atoms with Crippen LogP contribution in [-0.2, 0) is 9.84 Å². The third kappa shape index (κ3) is 3.94. The molecule has 1 saturated heterocycles. The molecule has 2 rings (SSSR count). The van der Waals surface area contributed by atoms with Gasteiger partial charge in [0.15, 0.2) is 9.84 Å². The molecule has 1 unspecified atom stereocenters. The number of hydrogen-bond acceptors (Lipinski definition) is 5. The van der Waals surface area contributed by atoms with Crippen molar-refractivity contribution in [3.63, 3.8) is 0 Å². The number of sulfone groups is 1. The van der Waals surface area contributed by atoms with E-state index >= 15 is 0 Å². The molecule has 1 amide bonds. The van der Waals surface area contributed by atoms with Crippen LogP contribution in [0.4, 0.5) is 5.82 Å². The van der Waals surface area contributed by atoms with Crippen LogP contribution in [0.2, 0.25) is 0 Å². The Hall–Kier alpha value is -1.15. The van der Waals surface area contributed by atoms with Crippen molar-refractivity contribution in [2.24, 2.45) is 0 Å². The van der Waals surface area contributed by atoms with E-state index in [4.69, 9.17) is 0 Å². The highest BCUT2D eigenvalue weighted by molar-refractivity contribution is 9.10. The Morgan fingerprint density at radius 3 is 2.81 bits per heavy atom. The minimum atomic E-state index is -3.07. The molecule has 2 N–H and O–H groups in total. The van der Waals surface area contributed by atoms with Gasteiger partial charge in [0.25, 0.3) is 5.91 Å². The minimum absolute atomic E-state index is 0.0241. The first kappa shape index (κ1) is 16.2. The number of nitrogens with zero attached hydrogens (tertiary/aromatic N) is 1. The van der Waals surface area contributed by atoms with E-state index in [-0.39, 0.29) is 17.4 Å². The Kier molecular flexibility index (Phi) is 4.57. The number of nitrogens with one attached hydrogen (secondary N) is 2. The largest absolute Gasteiger partial charge is 0.370 e. The van der Waals surface area contributed by atoms with E-state index in [1.54, 1.807) is 19.2 Å². The van der Waals surface area contributed by atoms with Crippen LogP contribution in [0.5, 0.6) is 0 Å². The van der Waals surface area contributed by atoms with E-state index < -0.39 is 15.4 Å². The Morgan fingerprint density at radius 2 is 2.24 bits per heavy atom. The molecule has 0 spiro atoms. The molecular formula is C13H18BrN3O3S. The predicted octanol–water partition coefficient (Wildman–Crippen LogP) is 1.58. The van der Waals surface area contributed by atoms with Gasteiger partial charge in [-0.3, -0.25) is 4.79 Å². The van der Waals surface area contributed by atoms with Gasteiger partial charge in [0.1, 0.15) is 5.82 Å². The van der Waals surface area contributed by atoms with Crippen LogP contribution in [0.1, 0.15) is 30.6 Å². The fraction of sp³-hybridized carbons (Fsp3) is 0.538. The summed E-state index contributed by atoms with van der Waals surface area (Å²) in [5.41, 5.74) is -0.321. The zero-order valence-corrected chi connectivity index (χ0v) is 14.3. The first-order chi connectivity index (χ1) is 9.75. The fourth-order valence-corrected chi connectivity index (χ4v) is 4.80. The summed E-state index contributed by atoms with van der Waals surface area (Å²) in [6.07, 6.45) is 2.04. The number of amides is 1. The number of carbonyl (C=O) groups excluding carboxylic acids is 1. The number of hydrogen-bond donors (Lipinski definition) is 2. The summed E-state index contributed by atoms with van der Waals surface area (Å²) in [6, 6.07) is 1.67. The lowest BCUT2D eigenvalue weighted by Crippen LogP contribution is -2.47. The van der Waals surface area contributed by atoms with Crippen LogP contribution in [0.25, 0.3) is 0 Å². The van der Waals surface area contributed by atoms with E-state index in [0.717, 1.165) is 0 Å². The van der Waals surface area contributed by atoms with Gasteiger partial charge in [-0.05, 0) is 42.3 Å². The number of pyridine rings is 1. The Labute approximate surface area is 132 Å². The molecule has 1 aliphatic rings. The molecule has 1 aliphatic heterocycles. The molecule has 0 radical (unpaired) electrons. The predicted molar refractivity (Wildman–Crippen MR) is 85.2 cm³/mol. The first-order valence-corrected chi connectivity index (χ1v) is 9.28. The van der Waals surface area contributed by atoms with Gasteiger partial charge in [0.05, 0.1) is 22.6 Å². The lowest BCUT2D eigenvalue weighted by molar-refractivity contribution is 0.0916. The molecule has 6 nitrogen and oxygen atoms in total. The second-order valence-corrected chi connectivity index (χ2v) is 8.54. The second-order valence-electron chi connectivity index (χ2n) is 5.44. The zero-order chi connectivity index (χ0) is 15.7. The Bertz CT molecular complexity index is 663. The van der Waals surface area contributed by atoms with Gasteiger partial charge in [-0.25, -0.2) is 13.4 Å². The smallest absolute Gasteiger partial charge is 0.255 e. The number of aromatic nitrogens is 1. The van der Waals surface area contributed by atoms with E-state index in [0.29, 0.717) is 28.8 Å². The van der Waals surface area contributed by atoms with Gasteiger partial charge in [-0.15, -0.1) is 0 Å². The van der Waals surface area contributed by atoms with Crippen molar-refractivity contribution in [3.05, 3.63) is 22.3 Å². The molecule has 2 heterocycles. The van der Waals surface area contributed by atoms with E-state index in [1.807, 2.05) is 6.92 Å². The van der Waals surface area contributed by atoms with E-state index in [1.165, 1.54) is 0 Å². The molecule has 1 aromatic heterocycles. The summed E-state index contributed by atoms with van der Waals surface area (Å²) in [6.45, 7) is 4.31. The molecule has 0 saturated carbocycles. The van der Waals surface area contributed by atoms with Gasteiger partial charge in [-0.1, -0.05) is 0 Å². The summed E-state index contributed by atoms with van der Waals surface area (Å²) in [5, 5.41) is 5.86. The zero-order valence-electron chi connectivity index (χ0n) is 11.9. The number of halogens is 1. The highest BCUT2D eigenvalue weighted by Gasteiger charge is 2.39. The molecule has 1 fully saturated rings. The van der Waals surface area contributed by atoms with E-state index in [2.05, 4.69) is 31.5 Å². The lowest BCUT2D eigenvalue weighted by atomic mass is 10.0. The Balaban J connectivity index is 2.23. The Morgan fingerprint density at radius 1 is 1.52 bits per heavy atom. The first-order valence-electron chi connectivity index (χ1n) is 6.67. The fourth-order valence-electron chi connectivity index (χ4n) is 2.37. The van der Waals surface area contributed by atoms with Gasteiger partial charge < -0.3 is 10.6 Å². The number of carbonyl (C=O) groups is 1. The number of rotatable bonds is 4. The van der Waals surface area contributed by atoms with Crippen molar-refractivity contribution >= 4 is 37.5 Å². The van der Waals surface area contributed by atoms with Crippen LogP contribution in [-0.4, -0.2) is 42.9 Å². The quantitative estimate of drug-likeness (QED) is 0.833. The van der Waals surface area contributed by atoms with Crippen molar-refractivity contribution in [1.29, 1.82) is 0 Å². The third-order valence-corrected chi connectivity index (χ3v) is 5.70. The monoisotopic (exact) mass is 375 g/mol. The highest BCUT2D eigenvalue weighted by atomic mass is 79.9. The maximum Gasteiger partial charge on any atom is 0.255 e. The topological polar surface area (TPSA) is 88.2 Å². The molecule has 1 aromatic rings. The molecule has 1 atom stereocenters. The van der Waals surface area contributed by atoms with Crippen molar-refractivity contribution in [1.82, 2.24) is 10.3 Å². The molecule has 0 aromatic carbocycles. The van der Waals surface area contributed by atoms with Crippen LogP contribution in [0.3, 0.4) is 0 Å². The molecule has 8 heteroatoms. The normalized spacial score (nSPS) is 23.8. The van der Waals surface area contributed by atoms with Crippen LogP contribution < -0.4 is 10.6 Å². The molecule has 21 heavy (non-hydrogen) atoms. The molecule has 116 valence electrons. The van der Waals surface area contributed by atoms with Gasteiger partial charge in [-0.2, -0.15) is 0 Å². The maximum atomic E-state index is 12.5. The van der Waals surface area contributed by atoms with Crippen LogP contribution in [0, 0.1) is 0 Å². The average Bonchev–Trinajstić information content (AvgIpc) is 2.65. The van der Waals surface area contributed by atoms with E-state index in [9.17, 15) is 13.2 Å². The van der Waals surface area contributed by atoms with Gasteiger partial charge in [0.2, 0.25) is 0 Å². The summed E-state index contributed by atoms with van der Waals surface area (Å²) in [7, 11) is -3.07. The third-order valence-electron chi connectivity index (χ3n) is 3.36. The van der Waals surface area contributed by atoms with Gasteiger partial charge >= 0.3 is 0 Å². The van der Waals surface area contributed by atoms with Crippen molar-refractivity contribution in [2.75, 3.05) is 23.4 Å². The second kappa shape index (κ2) is 5.92. The summed E-state index contributed by atoms with van der Waals surface area (Å²) in [5.74, 6) is 0.256. The average molecular weight is 376 g/mol. The summed E-state index contributed by atoms with van der Waals surface area (Å²) < 4.78 is 23.9. The molecular weight excluding hydrogens is 358 g/mol. The summed E-state index contributed by atoms with van der Waals surface area (Å²) in [4.78, 5) is 16.6. The van der Waals surface area contributed by atoms with Crippen molar-refractivity contribution in [3.8, 4) is 0 Å². The number of anilines is 1. The summed E-state index contributed by atoms with van der Waals surface area (Å²) >= 11 is 3.29. The van der Waals surface area contributed by atoms with Crippen LogP contribution >= 0.6 is 15.9 Å². The molecule has 0 aliphatic carbocycles. The molecule has 0 bridgehead atoms. The van der Waals surface area contributed by atoms with Gasteiger partial charge in [0, 0.05) is 17.2 Å². The SMILES string of the molecule is CCNc1ncc(Br)cc1C(=O)NC1(C)CCS(=O)(=O)C1. The van der Waals surface area contributed by atoms with Crippen molar-refractivity contribution in [2.45, 2.75) is 25.8 Å². The minimum Gasteiger partial charge on any atom is -0.370 e. The highest BCUT2D eigenvalue weighted by Crippen LogP contribution is 2.25. The lowest BCUT2D eigenvalue weighted by Gasteiger charge is -2.24.